The number of esters is 7. The van der Waals surface area contributed by atoms with E-state index in [1.54, 1.807) is 74.4 Å². The first-order valence-corrected chi connectivity index (χ1v) is 30.9. The molecule has 3 saturated heterocycles. The molecular formula is C67H76N2O22. The molecule has 24 heteroatoms. The maximum absolute atomic E-state index is 14.8. The lowest BCUT2D eigenvalue weighted by atomic mass is 9.40. The number of hydrogen-bond acceptors (Lipinski definition) is 22. The van der Waals surface area contributed by atoms with Crippen molar-refractivity contribution in [3.05, 3.63) is 82.4 Å². The van der Waals surface area contributed by atoms with Gasteiger partial charge in [0.1, 0.15) is 53.5 Å². The first kappa shape index (κ1) is 62.3. The Morgan fingerprint density at radius 1 is 0.681 bits per heavy atom. The van der Waals surface area contributed by atoms with Crippen LogP contribution in [0.1, 0.15) is 141 Å². The molecule has 21 atom stereocenters. The van der Waals surface area contributed by atoms with Crippen LogP contribution in [0.5, 0.6) is 23.0 Å². The van der Waals surface area contributed by atoms with Crippen molar-refractivity contribution in [1.82, 2.24) is 10.6 Å². The zero-order chi connectivity index (χ0) is 65.9. The average Bonchev–Trinajstić information content (AvgIpc) is 1.46. The van der Waals surface area contributed by atoms with Crippen molar-refractivity contribution in [3.8, 4) is 23.0 Å². The van der Waals surface area contributed by atoms with Crippen molar-refractivity contribution >= 4 is 53.6 Å². The lowest BCUT2D eigenvalue weighted by Crippen LogP contribution is -2.77. The number of benzene rings is 3. The van der Waals surface area contributed by atoms with Gasteiger partial charge < -0.3 is 73.3 Å². The van der Waals surface area contributed by atoms with Gasteiger partial charge in [-0.15, -0.1) is 0 Å². The van der Waals surface area contributed by atoms with E-state index in [0.29, 0.717) is 16.7 Å². The largest absolute Gasteiger partial charge is 0.459 e. The Morgan fingerprint density at radius 2 is 1.25 bits per heavy atom. The highest BCUT2D eigenvalue weighted by atomic mass is 16.8. The van der Waals surface area contributed by atoms with Crippen LogP contribution >= 0.6 is 0 Å². The normalized spacial score (nSPS) is 39.2. The Labute approximate surface area is 523 Å². The smallest absolute Gasteiger partial charge is 0.341 e. The molecule has 24 nitrogen and oxygen atoms in total. The van der Waals surface area contributed by atoms with Gasteiger partial charge in [0.2, 0.25) is 11.7 Å². The lowest BCUT2D eigenvalue weighted by molar-refractivity contribution is -0.286. The predicted octanol–water partition coefficient (Wildman–Crippen LogP) is 4.87. The standard InChI is InChI=1S/C67H76N2O22/c1-26-43-46(64(13)65(14,81)59(80)91-67(64)52(26)89-67)49(75)44-42-45(51(82-27(2)70)54(63(43,44)12)84-29(4)72)62(11)37(24-40-50(88-40)53(62)83-28(3)71)47(48(42)74)69-41(73)25-68-55(76)30-15-18-34-33(21-30)56(77)90-66(34)35-19-16-31(85-57(78)60(5,6)7)22-38(35)87-39-23-32(17-20-36(39)66)86-58(79)61(8,9)10/h15-23,26,37,40,42-54,74-75,81H,24-25H2,1-14H3,(H,68,76)(H,69,73)/t26-,37+,40-,42?,43-,44+,45?,46-,47-,48+,49+,50-,51-,52+,53-,54-,62-,63+,64-,65+,67-/m0/s1. The summed E-state index contributed by atoms with van der Waals surface area (Å²) in [6, 6.07) is 12.3. The summed E-state index contributed by atoms with van der Waals surface area (Å²) in [5.74, 6) is -14.6. The molecule has 3 aromatic carbocycles. The first-order chi connectivity index (χ1) is 42.4. The van der Waals surface area contributed by atoms with Crippen LogP contribution in [-0.4, -0.2) is 142 Å². The monoisotopic (exact) mass is 1260 g/mol. The molecule has 2 spiro atoms. The number of aliphatic hydroxyl groups excluding tert-OH is 2. The van der Waals surface area contributed by atoms with E-state index in [1.807, 2.05) is 6.92 Å². The van der Waals surface area contributed by atoms with Crippen LogP contribution in [0.25, 0.3) is 0 Å². The molecule has 5 aliphatic heterocycles. The van der Waals surface area contributed by atoms with Crippen molar-refractivity contribution in [2.24, 2.45) is 68.5 Å². The summed E-state index contributed by atoms with van der Waals surface area (Å²) < 4.78 is 61.7. The van der Waals surface area contributed by atoms with Crippen molar-refractivity contribution in [3.63, 3.8) is 0 Å². The van der Waals surface area contributed by atoms with Crippen molar-refractivity contribution in [2.75, 3.05) is 6.54 Å². The van der Waals surface area contributed by atoms with Crippen molar-refractivity contribution < 1.29 is 106 Å². The number of hydrogen-bond donors (Lipinski definition) is 5. The Kier molecular flexibility index (Phi) is 13.7. The number of carbonyl (C=O) groups is 9. The van der Waals surface area contributed by atoms with E-state index < -0.39 is 201 Å². The van der Waals surface area contributed by atoms with Gasteiger partial charge in [0, 0.05) is 83.7 Å². The Bertz CT molecular complexity index is 3660. The van der Waals surface area contributed by atoms with Gasteiger partial charge >= 0.3 is 41.8 Å². The number of ether oxygens (including phenoxy) is 10. The number of aliphatic hydroxyl groups is 3. The van der Waals surface area contributed by atoms with Crippen LogP contribution in [0.15, 0.2) is 54.6 Å². The van der Waals surface area contributed by atoms with Crippen molar-refractivity contribution in [2.45, 2.75) is 175 Å². The Balaban J connectivity index is 0.836. The quantitative estimate of drug-likeness (QED) is 0.0825. The number of epoxide rings is 2. The second-order valence-electron chi connectivity index (χ2n) is 29.5. The van der Waals surface area contributed by atoms with E-state index in [1.165, 1.54) is 70.2 Å². The van der Waals surface area contributed by atoms with Gasteiger partial charge in [0.05, 0.1) is 52.7 Å². The highest BCUT2D eigenvalue weighted by Gasteiger charge is 2.93. The van der Waals surface area contributed by atoms with E-state index in [-0.39, 0.29) is 40.5 Å². The summed E-state index contributed by atoms with van der Waals surface area (Å²) in [4.78, 5) is 124. The number of rotatable bonds is 9. The fourth-order valence-electron chi connectivity index (χ4n) is 18.3. The minimum Gasteiger partial charge on any atom is -0.459 e. The molecule has 5 heterocycles. The average molecular weight is 1260 g/mol. The molecule has 13 rings (SSSR count). The summed E-state index contributed by atoms with van der Waals surface area (Å²) in [6.45, 7) is 21.4. The Hall–Kier alpha value is -7.51. The molecule has 0 aromatic heterocycles. The molecule has 0 bridgehead atoms. The van der Waals surface area contributed by atoms with E-state index in [2.05, 4.69) is 10.6 Å². The molecule has 0 radical (unpaired) electrons. The van der Waals surface area contributed by atoms with E-state index in [4.69, 9.17) is 47.4 Å². The number of fused-ring (bicyclic) bond motifs is 15. The lowest BCUT2D eigenvalue weighted by Gasteiger charge is -2.67. The molecule has 486 valence electrons. The van der Waals surface area contributed by atoms with Crippen LogP contribution in [0.2, 0.25) is 0 Å². The molecule has 3 aromatic rings. The second-order valence-corrected chi connectivity index (χ2v) is 29.5. The molecule has 8 fully saturated rings. The molecular weight excluding hydrogens is 1180 g/mol. The highest BCUT2D eigenvalue weighted by Crippen LogP contribution is 2.81. The summed E-state index contributed by atoms with van der Waals surface area (Å²) in [6.07, 6.45) is -8.95. The van der Waals surface area contributed by atoms with E-state index in [9.17, 15) is 58.5 Å². The van der Waals surface area contributed by atoms with Gasteiger partial charge in [-0.1, -0.05) is 26.8 Å². The third-order valence-corrected chi connectivity index (χ3v) is 22.4. The fraction of sp³-hybridized carbons (Fsp3) is 0.597. The van der Waals surface area contributed by atoms with E-state index >= 15 is 0 Å². The van der Waals surface area contributed by atoms with Crippen LogP contribution in [0.4, 0.5) is 0 Å². The molecule has 10 aliphatic rings. The maximum Gasteiger partial charge on any atom is 0.341 e. The highest BCUT2D eigenvalue weighted by molar-refractivity contribution is 6.02. The summed E-state index contributed by atoms with van der Waals surface area (Å²) >= 11 is 0. The minimum atomic E-state index is -2.24. The van der Waals surface area contributed by atoms with Crippen LogP contribution in [0, 0.1) is 68.5 Å². The number of carbonyl (C=O) groups excluding carboxylic acids is 9. The minimum absolute atomic E-state index is 0.0167. The third kappa shape index (κ3) is 8.59. The molecule has 5 aliphatic carbocycles. The second kappa shape index (κ2) is 20.0. The van der Waals surface area contributed by atoms with Gasteiger partial charge in [-0.05, 0) is 122 Å². The van der Waals surface area contributed by atoms with Crippen molar-refractivity contribution in [1.29, 1.82) is 0 Å². The zero-order valence-electron chi connectivity index (χ0n) is 52.9. The van der Waals surface area contributed by atoms with Crippen LogP contribution in [0.3, 0.4) is 0 Å². The summed E-state index contributed by atoms with van der Waals surface area (Å²) in [7, 11) is 0. The molecule has 2 unspecified atom stereocenters. The van der Waals surface area contributed by atoms with Gasteiger partial charge in [-0.25, -0.2) is 9.59 Å². The molecule has 5 saturated carbocycles. The van der Waals surface area contributed by atoms with Crippen LogP contribution in [-0.2, 0) is 72.3 Å². The van der Waals surface area contributed by atoms with Crippen LogP contribution < -0.4 is 24.8 Å². The SMILES string of the molecule is CC(=O)O[C@H]1C2C([C@@H](O)[C@@H](NC(=O)CNC(=O)c3ccc4c(c3)C(=O)OC43c4ccc(OC(=O)C(C)(C)C)cc4Oc4cc(OC(=O)C(C)(C)C)ccc43)[C@H]3C[C@@H]4O[C@@H]4[C@H](OC(C)=O)[C@]23C)[C@@H]2[C@@H](O)[C@@H]3[C@H]([C@H](C)[C@H]4O[C@]45OC(=O)[C@@](C)(O)[C@]35C)[C@@]2(C)[C@H]1OC(C)=O. The number of nitrogens with one attached hydrogen (secondary N) is 2. The van der Waals surface area contributed by atoms with Gasteiger partial charge in [0.15, 0.2) is 11.2 Å². The maximum atomic E-state index is 14.8. The first-order valence-electron chi connectivity index (χ1n) is 30.9. The summed E-state index contributed by atoms with van der Waals surface area (Å²) in [5.41, 5.74) is -9.35. The zero-order valence-corrected chi connectivity index (χ0v) is 52.9. The molecule has 91 heavy (non-hydrogen) atoms. The number of amides is 2. The topological polar surface area (TPSA) is 337 Å². The fourth-order valence-corrected chi connectivity index (χ4v) is 18.3. The van der Waals surface area contributed by atoms with E-state index in [0.717, 1.165) is 0 Å². The third-order valence-electron chi connectivity index (χ3n) is 22.4. The molecule has 2 amide bonds. The predicted molar refractivity (Wildman–Crippen MR) is 310 cm³/mol. The summed E-state index contributed by atoms with van der Waals surface area (Å²) in [5, 5.41) is 44.9. The van der Waals surface area contributed by atoms with Gasteiger partial charge in [0.25, 0.3) is 5.91 Å². The Morgan fingerprint density at radius 3 is 1.82 bits per heavy atom. The van der Waals surface area contributed by atoms with Gasteiger partial charge in [-0.3, -0.25) is 33.6 Å². The molecule has 5 N–H and O–H groups in total. The van der Waals surface area contributed by atoms with Gasteiger partial charge in [-0.2, -0.15) is 0 Å².